The van der Waals surface area contributed by atoms with Crippen molar-refractivity contribution in [2.45, 2.75) is 45.4 Å². The highest BCUT2D eigenvalue weighted by Gasteiger charge is 2.13. The number of nitrogens with zero attached hydrogens (tertiary/aromatic N) is 2. The monoisotopic (exact) mass is 310 g/mol. The van der Waals surface area contributed by atoms with Crippen molar-refractivity contribution in [3.63, 3.8) is 0 Å². The molecule has 1 aromatic heterocycles. The van der Waals surface area contributed by atoms with E-state index in [1.54, 1.807) is 11.3 Å². The molecular formula is C9H15IN2S. The maximum Gasteiger partial charge on any atom is 0.178 e. The second kappa shape index (κ2) is 5.90. The summed E-state index contributed by atoms with van der Waals surface area (Å²) in [5, 5.41) is 9.47. The fourth-order valence-corrected chi connectivity index (χ4v) is 2.91. The summed E-state index contributed by atoms with van der Waals surface area (Å²) in [6.45, 7) is 4.46. The third-order valence-corrected chi connectivity index (χ3v) is 3.91. The molecule has 0 spiro atoms. The first-order valence-electron chi connectivity index (χ1n) is 4.76. The van der Waals surface area contributed by atoms with Gasteiger partial charge in [0.2, 0.25) is 0 Å². The van der Waals surface area contributed by atoms with Crippen molar-refractivity contribution < 1.29 is 0 Å². The van der Waals surface area contributed by atoms with Gasteiger partial charge in [-0.25, -0.2) is 0 Å². The van der Waals surface area contributed by atoms with E-state index in [-0.39, 0.29) is 0 Å². The van der Waals surface area contributed by atoms with E-state index in [2.05, 4.69) is 46.6 Å². The standard InChI is InChI=1S/C9H15IN2S/c1-3-5-6-7(4-2)8-11-12-9(10)13-8/h7H,3-6H2,1-2H3. The molecule has 0 fully saturated rings. The molecule has 74 valence electrons. The van der Waals surface area contributed by atoms with Crippen LogP contribution in [0.3, 0.4) is 0 Å². The Hall–Kier alpha value is 0.290. The van der Waals surface area contributed by atoms with Gasteiger partial charge in [-0.1, -0.05) is 38.0 Å². The van der Waals surface area contributed by atoms with Crippen molar-refractivity contribution in [3.8, 4) is 0 Å². The number of rotatable bonds is 5. The molecule has 0 saturated carbocycles. The van der Waals surface area contributed by atoms with Crippen molar-refractivity contribution in [1.82, 2.24) is 10.2 Å². The highest BCUT2D eigenvalue weighted by molar-refractivity contribution is 14.1. The zero-order valence-electron chi connectivity index (χ0n) is 8.09. The van der Waals surface area contributed by atoms with E-state index in [0.717, 1.165) is 3.01 Å². The molecule has 0 aliphatic rings. The molecule has 1 atom stereocenters. The maximum atomic E-state index is 4.20. The van der Waals surface area contributed by atoms with Gasteiger partial charge >= 0.3 is 0 Å². The summed E-state index contributed by atoms with van der Waals surface area (Å²) in [5.41, 5.74) is 0. The third-order valence-electron chi connectivity index (χ3n) is 2.16. The minimum absolute atomic E-state index is 0.640. The van der Waals surface area contributed by atoms with Crippen molar-refractivity contribution in [2.24, 2.45) is 0 Å². The van der Waals surface area contributed by atoms with Crippen LogP contribution in [0.4, 0.5) is 0 Å². The number of hydrogen-bond acceptors (Lipinski definition) is 3. The van der Waals surface area contributed by atoms with Crippen molar-refractivity contribution in [3.05, 3.63) is 8.02 Å². The lowest BCUT2D eigenvalue weighted by molar-refractivity contribution is 0.563. The van der Waals surface area contributed by atoms with Crippen molar-refractivity contribution >= 4 is 33.9 Å². The molecule has 0 aromatic carbocycles. The van der Waals surface area contributed by atoms with Gasteiger partial charge in [0.05, 0.1) is 0 Å². The molecule has 0 aliphatic heterocycles. The van der Waals surface area contributed by atoms with Gasteiger partial charge in [-0.2, -0.15) is 0 Å². The minimum atomic E-state index is 0.640. The molecule has 2 nitrogen and oxygen atoms in total. The van der Waals surface area contributed by atoms with Crippen molar-refractivity contribution in [2.75, 3.05) is 0 Å². The van der Waals surface area contributed by atoms with E-state index in [4.69, 9.17) is 0 Å². The van der Waals surface area contributed by atoms with Crippen LogP contribution in [-0.4, -0.2) is 10.2 Å². The minimum Gasteiger partial charge on any atom is -0.142 e. The Morgan fingerprint density at radius 1 is 1.38 bits per heavy atom. The van der Waals surface area contributed by atoms with E-state index in [1.165, 1.54) is 30.7 Å². The summed E-state index contributed by atoms with van der Waals surface area (Å²) in [7, 11) is 0. The van der Waals surface area contributed by atoms with E-state index >= 15 is 0 Å². The summed E-state index contributed by atoms with van der Waals surface area (Å²) >= 11 is 3.97. The Balaban J connectivity index is 2.56. The predicted octanol–water partition coefficient (Wildman–Crippen LogP) is 3.83. The topological polar surface area (TPSA) is 25.8 Å². The summed E-state index contributed by atoms with van der Waals surface area (Å²) in [6.07, 6.45) is 5.02. The number of hydrogen-bond donors (Lipinski definition) is 0. The van der Waals surface area contributed by atoms with Crippen LogP contribution in [0.1, 0.15) is 50.5 Å². The molecule has 0 radical (unpaired) electrons. The predicted molar refractivity (Wildman–Crippen MR) is 65.2 cm³/mol. The largest absolute Gasteiger partial charge is 0.178 e. The molecule has 0 bridgehead atoms. The van der Waals surface area contributed by atoms with Crippen LogP contribution in [-0.2, 0) is 0 Å². The highest BCUT2D eigenvalue weighted by Crippen LogP contribution is 2.28. The lowest BCUT2D eigenvalue weighted by Gasteiger charge is -2.09. The lowest BCUT2D eigenvalue weighted by atomic mass is 10.0. The Bertz CT molecular complexity index is 250. The zero-order valence-corrected chi connectivity index (χ0v) is 11.1. The molecule has 1 aromatic rings. The van der Waals surface area contributed by atoms with Gasteiger partial charge in [-0.05, 0) is 35.4 Å². The van der Waals surface area contributed by atoms with E-state index in [9.17, 15) is 0 Å². The van der Waals surface area contributed by atoms with Crippen LogP contribution in [0.25, 0.3) is 0 Å². The molecule has 0 aliphatic carbocycles. The van der Waals surface area contributed by atoms with Crippen LogP contribution in [0.5, 0.6) is 0 Å². The maximum absolute atomic E-state index is 4.20. The SMILES string of the molecule is CCCCC(CC)c1nnc(I)s1. The van der Waals surface area contributed by atoms with E-state index in [1.807, 2.05) is 0 Å². The van der Waals surface area contributed by atoms with Crippen LogP contribution in [0.15, 0.2) is 0 Å². The molecule has 1 unspecified atom stereocenters. The van der Waals surface area contributed by atoms with Gasteiger partial charge < -0.3 is 0 Å². The van der Waals surface area contributed by atoms with Gasteiger partial charge in [-0.3, -0.25) is 0 Å². The Labute approximate surface area is 97.3 Å². The van der Waals surface area contributed by atoms with Gasteiger partial charge in [0.15, 0.2) is 3.01 Å². The number of aromatic nitrogens is 2. The Kier molecular flexibility index (Phi) is 5.16. The summed E-state index contributed by atoms with van der Waals surface area (Å²) in [6, 6.07) is 0. The second-order valence-corrected chi connectivity index (χ2v) is 5.90. The molecule has 4 heteroatoms. The first kappa shape index (κ1) is 11.4. The molecule has 0 amide bonds. The third kappa shape index (κ3) is 3.50. The van der Waals surface area contributed by atoms with Gasteiger partial charge in [0.1, 0.15) is 5.01 Å². The van der Waals surface area contributed by atoms with E-state index < -0.39 is 0 Å². The van der Waals surface area contributed by atoms with Crippen LogP contribution in [0.2, 0.25) is 0 Å². The fourth-order valence-electron chi connectivity index (χ4n) is 1.33. The lowest BCUT2D eigenvalue weighted by Crippen LogP contribution is -1.96. The zero-order chi connectivity index (χ0) is 9.68. The molecule has 13 heavy (non-hydrogen) atoms. The average Bonchev–Trinajstić information content (AvgIpc) is 2.54. The molecule has 0 N–H and O–H groups in total. The molecule has 0 saturated heterocycles. The average molecular weight is 310 g/mol. The molecular weight excluding hydrogens is 295 g/mol. The highest BCUT2D eigenvalue weighted by atomic mass is 127. The quantitative estimate of drug-likeness (QED) is 0.773. The Morgan fingerprint density at radius 2 is 2.15 bits per heavy atom. The van der Waals surface area contributed by atoms with Gasteiger partial charge in [-0.15, -0.1) is 10.2 Å². The fraction of sp³-hybridized carbons (Fsp3) is 0.778. The summed E-state index contributed by atoms with van der Waals surface area (Å²) in [5.74, 6) is 0.640. The normalized spacial score (nSPS) is 13.2. The molecule has 1 heterocycles. The second-order valence-electron chi connectivity index (χ2n) is 3.14. The first-order valence-corrected chi connectivity index (χ1v) is 6.66. The Morgan fingerprint density at radius 3 is 2.62 bits per heavy atom. The van der Waals surface area contributed by atoms with Crippen LogP contribution < -0.4 is 0 Å². The van der Waals surface area contributed by atoms with Crippen LogP contribution in [0, 0.1) is 3.01 Å². The van der Waals surface area contributed by atoms with Gasteiger partial charge in [0.25, 0.3) is 0 Å². The number of halogens is 1. The van der Waals surface area contributed by atoms with Gasteiger partial charge in [0, 0.05) is 5.92 Å². The summed E-state index contributed by atoms with van der Waals surface area (Å²) < 4.78 is 1.06. The first-order chi connectivity index (χ1) is 6.27. The molecule has 1 rings (SSSR count). The number of unbranched alkanes of at least 4 members (excludes halogenated alkanes) is 1. The van der Waals surface area contributed by atoms with Crippen LogP contribution >= 0.6 is 33.9 Å². The van der Waals surface area contributed by atoms with E-state index in [0.29, 0.717) is 5.92 Å². The smallest absolute Gasteiger partial charge is 0.142 e. The van der Waals surface area contributed by atoms with Crippen molar-refractivity contribution in [1.29, 1.82) is 0 Å². The summed E-state index contributed by atoms with van der Waals surface area (Å²) in [4.78, 5) is 0.